The molecule has 0 radical (unpaired) electrons. The Morgan fingerprint density at radius 1 is 1.54 bits per heavy atom. The van der Waals surface area contributed by atoms with E-state index in [2.05, 4.69) is 18.7 Å². The second-order valence-electron chi connectivity index (χ2n) is 4.16. The Labute approximate surface area is 85.7 Å². The van der Waals surface area contributed by atoms with Gasteiger partial charge in [-0.05, 0) is 18.9 Å². The second kappa shape index (κ2) is 5.89. The van der Waals surface area contributed by atoms with Gasteiger partial charge in [0.1, 0.15) is 0 Å². The molecule has 0 aromatic rings. The molecule has 1 rings (SSSR count). The number of aliphatic hydroxyl groups is 1. The molecule has 1 aliphatic heterocycles. The number of nitrogens with zero attached hydrogens (tertiary/aromatic N) is 1. The van der Waals surface area contributed by atoms with Crippen LogP contribution in [0.2, 0.25) is 0 Å². The average molecular weight is 203 g/mol. The van der Waals surface area contributed by atoms with Crippen molar-refractivity contribution < 1.29 is 5.11 Å². The molecule has 1 atom stereocenters. The van der Waals surface area contributed by atoms with Crippen molar-refractivity contribution in [2.45, 2.75) is 25.5 Å². The first-order valence-corrected chi connectivity index (χ1v) is 6.22. The standard InChI is InChI=1S/C10H21NOS/c1-9(2)3-4-11-5-6-13-10(7-11)8-12/h9-10,12H,3-8H2,1-2H3. The van der Waals surface area contributed by atoms with Gasteiger partial charge in [-0.3, -0.25) is 0 Å². The highest BCUT2D eigenvalue weighted by Crippen LogP contribution is 2.18. The zero-order chi connectivity index (χ0) is 9.68. The van der Waals surface area contributed by atoms with Gasteiger partial charge in [0.2, 0.25) is 0 Å². The largest absolute Gasteiger partial charge is 0.395 e. The molecule has 0 spiro atoms. The van der Waals surface area contributed by atoms with Gasteiger partial charge in [0.15, 0.2) is 0 Å². The van der Waals surface area contributed by atoms with Crippen LogP contribution in [-0.4, -0.2) is 47.3 Å². The smallest absolute Gasteiger partial charge is 0.0562 e. The maximum absolute atomic E-state index is 9.04. The van der Waals surface area contributed by atoms with Crippen LogP contribution in [0.15, 0.2) is 0 Å². The highest BCUT2D eigenvalue weighted by Gasteiger charge is 2.18. The number of aliphatic hydroxyl groups excluding tert-OH is 1. The Kier molecular flexibility index (Phi) is 5.14. The molecular formula is C10H21NOS. The van der Waals surface area contributed by atoms with E-state index in [0.717, 1.165) is 12.5 Å². The van der Waals surface area contributed by atoms with E-state index in [9.17, 15) is 0 Å². The van der Waals surface area contributed by atoms with E-state index in [1.807, 2.05) is 11.8 Å². The van der Waals surface area contributed by atoms with Crippen LogP contribution in [0.3, 0.4) is 0 Å². The Morgan fingerprint density at radius 3 is 2.92 bits per heavy atom. The topological polar surface area (TPSA) is 23.5 Å². The lowest BCUT2D eigenvalue weighted by molar-refractivity contribution is 0.223. The maximum Gasteiger partial charge on any atom is 0.0562 e. The minimum Gasteiger partial charge on any atom is -0.395 e. The highest BCUT2D eigenvalue weighted by molar-refractivity contribution is 8.00. The predicted molar refractivity (Wildman–Crippen MR) is 59.2 cm³/mol. The SMILES string of the molecule is CC(C)CCN1CCSC(CO)C1. The van der Waals surface area contributed by atoms with Crippen LogP contribution < -0.4 is 0 Å². The predicted octanol–water partition coefficient (Wildman–Crippen LogP) is 1.44. The van der Waals surface area contributed by atoms with Crippen molar-refractivity contribution in [2.24, 2.45) is 5.92 Å². The molecule has 1 heterocycles. The summed E-state index contributed by atoms with van der Waals surface area (Å²) in [6.07, 6.45) is 1.28. The van der Waals surface area contributed by atoms with Gasteiger partial charge in [-0.2, -0.15) is 11.8 Å². The molecule has 0 aliphatic carbocycles. The van der Waals surface area contributed by atoms with Gasteiger partial charge in [0, 0.05) is 24.1 Å². The lowest BCUT2D eigenvalue weighted by atomic mass is 10.1. The number of hydrogen-bond donors (Lipinski definition) is 1. The summed E-state index contributed by atoms with van der Waals surface area (Å²) < 4.78 is 0. The van der Waals surface area contributed by atoms with Gasteiger partial charge in [0.25, 0.3) is 0 Å². The van der Waals surface area contributed by atoms with Gasteiger partial charge in [0.05, 0.1) is 6.61 Å². The quantitative estimate of drug-likeness (QED) is 0.748. The van der Waals surface area contributed by atoms with E-state index in [1.54, 1.807) is 0 Å². The summed E-state index contributed by atoms with van der Waals surface area (Å²) >= 11 is 1.91. The number of thioether (sulfide) groups is 1. The van der Waals surface area contributed by atoms with E-state index < -0.39 is 0 Å². The van der Waals surface area contributed by atoms with Crippen LogP contribution in [0.25, 0.3) is 0 Å². The van der Waals surface area contributed by atoms with Gasteiger partial charge >= 0.3 is 0 Å². The van der Waals surface area contributed by atoms with E-state index >= 15 is 0 Å². The molecular weight excluding hydrogens is 182 g/mol. The molecule has 0 amide bonds. The van der Waals surface area contributed by atoms with Gasteiger partial charge in [-0.25, -0.2) is 0 Å². The lowest BCUT2D eigenvalue weighted by Gasteiger charge is -2.31. The molecule has 1 N–H and O–H groups in total. The molecule has 1 saturated heterocycles. The molecule has 0 bridgehead atoms. The maximum atomic E-state index is 9.04. The molecule has 13 heavy (non-hydrogen) atoms. The Bertz CT molecular complexity index is 141. The summed E-state index contributed by atoms with van der Waals surface area (Å²) in [4.78, 5) is 2.48. The summed E-state index contributed by atoms with van der Waals surface area (Å²) in [6.45, 7) is 8.35. The van der Waals surface area contributed by atoms with Crippen molar-refractivity contribution in [3.63, 3.8) is 0 Å². The first-order chi connectivity index (χ1) is 6.22. The van der Waals surface area contributed by atoms with Crippen molar-refractivity contribution in [1.82, 2.24) is 4.90 Å². The van der Waals surface area contributed by atoms with Crippen LogP contribution in [0, 0.1) is 5.92 Å². The molecule has 78 valence electrons. The van der Waals surface area contributed by atoms with Crippen LogP contribution in [0.4, 0.5) is 0 Å². The Morgan fingerprint density at radius 2 is 2.31 bits per heavy atom. The molecule has 0 saturated carbocycles. The summed E-state index contributed by atoms with van der Waals surface area (Å²) in [5.74, 6) is 1.98. The minimum atomic E-state index is 0.336. The zero-order valence-corrected chi connectivity index (χ0v) is 9.52. The van der Waals surface area contributed by atoms with Crippen molar-refractivity contribution in [1.29, 1.82) is 0 Å². The molecule has 0 aromatic heterocycles. The summed E-state index contributed by atoms with van der Waals surface area (Å²) in [5, 5.41) is 9.50. The highest BCUT2D eigenvalue weighted by atomic mass is 32.2. The van der Waals surface area contributed by atoms with Crippen molar-refractivity contribution >= 4 is 11.8 Å². The summed E-state index contributed by atoms with van der Waals surface area (Å²) in [5.41, 5.74) is 0. The van der Waals surface area contributed by atoms with E-state index in [-0.39, 0.29) is 0 Å². The first kappa shape index (κ1) is 11.3. The van der Waals surface area contributed by atoms with Gasteiger partial charge in [-0.15, -0.1) is 0 Å². The third-order valence-electron chi connectivity index (χ3n) is 2.45. The van der Waals surface area contributed by atoms with Crippen molar-refractivity contribution in [3.05, 3.63) is 0 Å². The normalized spacial score (nSPS) is 25.4. The molecule has 1 aliphatic rings. The zero-order valence-electron chi connectivity index (χ0n) is 8.70. The van der Waals surface area contributed by atoms with Gasteiger partial charge < -0.3 is 10.0 Å². The van der Waals surface area contributed by atoms with E-state index in [0.29, 0.717) is 11.9 Å². The third-order valence-corrected chi connectivity index (χ3v) is 3.64. The molecule has 3 heteroatoms. The van der Waals surface area contributed by atoms with E-state index in [1.165, 1.54) is 25.3 Å². The third kappa shape index (κ3) is 4.34. The molecule has 0 aromatic carbocycles. The fraction of sp³-hybridized carbons (Fsp3) is 1.00. The fourth-order valence-corrected chi connectivity index (χ4v) is 2.65. The Balaban J connectivity index is 2.18. The number of hydrogen-bond acceptors (Lipinski definition) is 3. The van der Waals surface area contributed by atoms with Crippen LogP contribution in [0.1, 0.15) is 20.3 Å². The van der Waals surface area contributed by atoms with E-state index in [4.69, 9.17) is 5.11 Å². The Hall–Kier alpha value is 0.270. The van der Waals surface area contributed by atoms with Crippen LogP contribution in [-0.2, 0) is 0 Å². The number of rotatable bonds is 4. The second-order valence-corrected chi connectivity index (χ2v) is 5.57. The lowest BCUT2D eigenvalue weighted by Crippen LogP contribution is -2.40. The first-order valence-electron chi connectivity index (χ1n) is 5.17. The van der Waals surface area contributed by atoms with Crippen molar-refractivity contribution in [2.75, 3.05) is 32.0 Å². The average Bonchev–Trinajstić information content (AvgIpc) is 2.15. The summed E-state index contributed by atoms with van der Waals surface area (Å²) in [7, 11) is 0. The minimum absolute atomic E-state index is 0.336. The van der Waals surface area contributed by atoms with Crippen LogP contribution in [0.5, 0.6) is 0 Å². The molecule has 2 nitrogen and oxygen atoms in total. The van der Waals surface area contributed by atoms with Crippen molar-refractivity contribution in [3.8, 4) is 0 Å². The molecule has 1 fully saturated rings. The van der Waals surface area contributed by atoms with Gasteiger partial charge in [-0.1, -0.05) is 13.8 Å². The fourth-order valence-electron chi connectivity index (χ4n) is 1.53. The van der Waals surface area contributed by atoms with Crippen LogP contribution >= 0.6 is 11.8 Å². The monoisotopic (exact) mass is 203 g/mol. The summed E-state index contributed by atoms with van der Waals surface area (Å²) in [6, 6.07) is 0. The molecule has 1 unspecified atom stereocenters.